The molecule has 0 saturated heterocycles. The van der Waals surface area contributed by atoms with Gasteiger partial charge in [-0.15, -0.1) is 11.3 Å². The van der Waals surface area contributed by atoms with E-state index >= 15 is 0 Å². The van der Waals surface area contributed by atoms with Gasteiger partial charge in [-0.2, -0.15) is 0 Å². The normalized spacial score (nSPS) is 12.0. The molecule has 0 atom stereocenters. The summed E-state index contributed by atoms with van der Waals surface area (Å²) in [5, 5.41) is 10.9. The summed E-state index contributed by atoms with van der Waals surface area (Å²) in [7, 11) is 0. The maximum Gasteiger partial charge on any atom is 0.0351 e. The van der Waals surface area contributed by atoms with Crippen molar-refractivity contribution >= 4 is 54.4 Å². The minimum Gasteiger partial charge on any atom is -0.141 e. The highest BCUT2D eigenvalue weighted by atomic mass is 32.1. The summed E-state index contributed by atoms with van der Waals surface area (Å²) in [4.78, 5) is 2.71. The zero-order valence-electron chi connectivity index (χ0n) is 14.4. The highest BCUT2D eigenvalue weighted by molar-refractivity contribution is 7.15. The van der Waals surface area contributed by atoms with E-state index in [1.165, 1.54) is 58.4 Å². The predicted molar refractivity (Wildman–Crippen MR) is 116 cm³/mol. The molecular weight excluding hydrogens is 332 g/mol. The molecule has 0 unspecified atom stereocenters. The van der Waals surface area contributed by atoms with Crippen molar-refractivity contribution in [2.75, 3.05) is 0 Å². The van der Waals surface area contributed by atoms with Gasteiger partial charge in [0.1, 0.15) is 0 Å². The number of hydrogen-bond donors (Lipinski definition) is 0. The SMILES string of the molecule is Cc1ccc(-c2ccc3c4cccc5cccc(c6cccc2c63)c54)s1. The summed E-state index contributed by atoms with van der Waals surface area (Å²) in [6, 6.07) is 29.2. The second kappa shape index (κ2) is 5.06. The van der Waals surface area contributed by atoms with Crippen LogP contribution in [0.4, 0.5) is 0 Å². The van der Waals surface area contributed by atoms with Crippen molar-refractivity contribution in [2.45, 2.75) is 6.92 Å². The zero-order valence-corrected chi connectivity index (χ0v) is 15.2. The second-order valence-electron chi connectivity index (χ2n) is 7.01. The Kier molecular flexibility index (Phi) is 2.78. The molecule has 1 heteroatoms. The van der Waals surface area contributed by atoms with E-state index in [2.05, 4.69) is 85.8 Å². The van der Waals surface area contributed by atoms with Crippen LogP contribution in [0, 0.1) is 6.92 Å². The third kappa shape index (κ3) is 1.79. The first-order valence-corrected chi connectivity index (χ1v) is 9.78. The lowest BCUT2D eigenvalue weighted by molar-refractivity contribution is 1.64. The van der Waals surface area contributed by atoms with Gasteiger partial charge in [-0.25, -0.2) is 0 Å². The molecule has 0 nitrogen and oxygen atoms in total. The van der Waals surface area contributed by atoms with Crippen LogP contribution < -0.4 is 0 Å². The average Bonchev–Trinajstić information content (AvgIpc) is 3.11. The van der Waals surface area contributed by atoms with Gasteiger partial charge in [0.2, 0.25) is 0 Å². The average molecular weight is 348 g/mol. The summed E-state index contributed by atoms with van der Waals surface area (Å²) in [6.45, 7) is 2.18. The summed E-state index contributed by atoms with van der Waals surface area (Å²) >= 11 is 1.87. The Balaban J connectivity index is 1.90. The van der Waals surface area contributed by atoms with Gasteiger partial charge >= 0.3 is 0 Å². The molecule has 0 amide bonds. The van der Waals surface area contributed by atoms with Gasteiger partial charge in [-0.1, -0.05) is 66.7 Å². The maximum absolute atomic E-state index is 2.32. The Hall–Kier alpha value is -2.90. The third-order valence-electron chi connectivity index (χ3n) is 5.53. The highest BCUT2D eigenvalue weighted by Gasteiger charge is 2.15. The molecule has 5 aromatic carbocycles. The minimum atomic E-state index is 1.32. The number of fused-ring (bicyclic) bond motifs is 2. The van der Waals surface area contributed by atoms with Crippen LogP contribution in [0.2, 0.25) is 0 Å². The molecule has 0 saturated carbocycles. The summed E-state index contributed by atoms with van der Waals surface area (Å²) < 4.78 is 0. The van der Waals surface area contributed by atoms with Crippen molar-refractivity contribution < 1.29 is 0 Å². The van der Waals surface area contributed by atoms with E-state index in [-0.39, 0.29) is 0 Å². The van der Waals surface area contributed by atoms with Crippen molar-refractivity contribution in [1.29, 1.82) is 0 Å². The summed E-state index contributed by atoms with van der Waals surface area (Å²) in [5.74, 6) is 0. The van der Waals surface area contributed by atoms with E-state index in [9.17, 15) is 0 Å². The third-order valence-corrected chi connectivity index (χ3v) is 6.57. The van der Waals surface area contributed by atoms with Crippen molar-refractivity contribution in [3.63, 3.8) is 0 Å². The molecule has 6 rings (SSSR count). The standard InChI is InChI=1S/C25H16S/c1-15-11-14-23(26-15)17-12-13-22-20-8-3-6-16-5-2-7-19(24(16)20)21-10-4-9-18(17)25(21)22/h2-14H,1H3. The van der Waals surface area contributed by atoms with Gasteiger partial charge < -0.3 is 0 Å². The second-order valence-corrected chi connectivity index (χ2v) is 8.30. The van der Waals surface area contributed by atoms with Crippen molar-refractivity contribution in [2.24, 2.45) is 0 Å². The van der Waals surface area contributed by atoms with Crippen molar-refractivity contribution in [1.82, 2.24) is 0 Å². The van der Waals surface area contributed by atoms with Gasteiger partial charge in [0.15, 0.2) is 0 Å². The number of benzene rings is 5. The smallest absolute Gasteiger partial charge is 0.0351 e. The molecule has 6 aromatic rings. The quantitative estimate of drug-likeness (QED) is 0.210. The van der Waals surface area contributed by atoms with Crippen molar-refractivity contribution in [3.8, 4) is 10.4 Å². The molecule has 0 radical (unpaired) electrons. The van der Waals surface area contributed by atoms with Crippen LogP contribution in [0.3, 0.4) is 0 Å². The summed E-state index contributed by atoms with van der Waals surface area (Å²) in [6.07, 6.45) is 0. The molecule has 0 aliphatic heterocycles. The Morgan fingerprint density at radius 3 is 1.85 bits per heavy atom. The monoisotopic (exact) mass is 348 g/mol. The molecule has 0 spiro atoms. The first-order valence-electron chi connectivity index (χ1n) is 8.96. The minimum absolute atomic E-state index is 1.32. The van der Waals surface area contributed by atoms with Gasteiger partial charge in [0, 0.05) is 9.75 Å². The van der Waals surface area contributed by atoms with E-state index in [1.807, 2.05) is 11.3 Å². The maximum atomic E-state index is 2.32. The molecule has 0 bridgehead atoms. The largest absolute Gasteiger partial charge is 0.141 e. The fraction of sp³-hybridized carbons (Fsp3) is 0.0400. The molecule has 0 aliphatic rings. The van der Waals surface area contributed by atoms with E-state index in [0.717, 1.165) is 0 Å². The topological polar surface area (TPSA) is 0 Å². The molecule has 0 aliphatic carbocycles. The molecule has 122 valence electrons. The lowest BCUT2D eigenvalue weighted by Gasteiger charge is -2.15. The van der Waals surface area contributed by atoms with Gasteiger partial charge in [0.05, 0.1) is 0 Å². The summed E-state index contributed by atoms with van der Waals surface area (Å²) in [5.41, 5.74) is 1.34. The van der Waals surface area contributed by atoms with Crippen LogP contribution in [0.1, 0.15) is 4.88 Å². The predicted octanol–water partition coefficient (Wildman–Crippen LogP) is 7.77. The zero-order chi connectivity index (χ0) is 17.3. The molecule has 0 fully saturated rings. The number of rotatable bonds is 1. The van der Waals surface area contributed by atoms with Gasteiger partial charge in [0.25, 0.3) is 0 Å². The van der Waals surface area contributed by atoms with Crippen LogP contribution in [-0.4, -0.2) is 0 Å². The fourth-order valence-corrected chi connectivity index (χ4v) is 5.35. The van der Waals surface area contributed by atoms with Gasteiger partial charge in [-0.3, -0.25) is 0 Å². The van der Waals surface area contributed by atoms with Crippen LogP contribution >= 0.6 is 11.3 Å². The fourth-order valence-electron chi connectivity index (χ4n) is 4.44. The molecular formula is C25H16S. The van der Waals surface area contributed by atoms with Crippen LogP contribution in [-0.2, 0) is 0 Å². The first-order chi connectivity index (χ1) is 12.8. The number of hydrogen-bond acceptors (Lipinski definition) is 1. The van der Waals surface area contributed by atoms with E-state index in [0.29, 0.717) is 0 Å². The Labute approximate surface area is 155 Å². The lowest BCUT2D eigenvalue weighted by Crippen LogP contribution is -1.88. The lowest BCUT2D eigenvalue weighted by atomic mass is 9.88. The van der Waals surface area contributed by atoms with Crippen molar-refractivity contribution in [3.05, 3.63) is 83.7 Å². The Bertz CT molecular complexity index is 1380. The van der Waals surface area contributed by atoms with E-state index in [4.69, 9.17) is 0 Å². The van der Waals surface area contributed by atoms with Crippen LogP contribution in [0.15, 0.2) is 78.9 Å². The first kappa shape index (κ1) is 14.3. The molecule has 1 heterocycles. The van der Waals surface area contributed by atoms with Crippen LogP contribution in [0.25, 0.3) is 53.5 Å². The Morgan fingerprint density at radius 1 is 0.538 bits per heavy atom. The molecule has 0 N–H and O–H groups in total. The molecule has 26 heavy (non-hydrogen) atoms. The number of thiophene rings is 1. The van der Waals surface area contributed by atoms with Crippen LogP contribution in [0.5, 0.6) is 0 Å². The number of aryl methyl sites for hydroxylation is 1. The van der Waals surface area contributed by atoms with Gasteiger partial charge in [-0.05, 0) is 67.7 Å². The Morgan fingerprint density at radius 2 is 1.15 bits per heavy atom. The van der Waals surface area contributed by atoms with E-state index in [1.54, 1.807) is 0 Å². The van der Waals surface area contributed by atoms with E-state index < -0.39 is 0 Å². The highest BCUT2D eigenvalue weighted by Crippen LogP contribution is 2.43. The molecule has 1 aromatic heterocycles.